The van der Waals surface area contributed by atoms with Gasteiger partial charge in [-0.1, -0.05) is 12.2 Å². The monoisotopic (exact) mass is 296 g/mol. The van der Waals surface area contributed by atoms with E-state index < -0.39 is 5.41 Å². The molecule has 0 aromatic carbocycles. The second-order valence-electron chi connectivity index (χ2n) is 4.97. The number of rotatable bonds is 6. The van der Waals surface area contributed by atoms with Gasteiger partial charge >= 0.3 is 0 Å². The summed E-state index contributed by atoms with van der Waals surface area (Å²) in [6, 6.07) is 0. The quantitative estimate of drug-likeness (QED) is 0.589. The number of hydrogen-bond donors (Lipinski definition) is 2. The third-order valence-corrected chi connectivity index (χ3v) is 4.08. The summed E-state index contributed by atoms with van der Waals surface area (Å²) >= 11 is 5.10. The normalized spacial score (nSPS) is 17.6. The van der Waals surface area contributed by atoms with Crippen molar-refractivity contribution in [2.45, 2.75) is 25.8 Å². The molecular weight excluding hydrogens is 276 g/mol. The van der Waals surface area contributed by atoms with Crippen molar-refractivity contribution in [1.82, 2.24) is 14.9 Å². The first-order chi connectivity index (χ1) is 9.65. The molecular formula is C13H20N4O2S. The molecule has 2 heterocycles. The SMILES string of the molecule is NC(=S)C1(C(=O)NCCCn2ccnc2)CCOCC1. The van der Waals surface area contributed by atoms with Crippen molar-refractivity contribution in [3.63, 3.8) is 0 Å². The van der Waals surface area contributed by atoms with Gasteiger partial charge in [-0.3, -0.25) is 4.79 Å². The van der Waals surface area contributed by atoms with Gasteiger partial charge in [-0.25, -0.2) is 4.98 Å². The van der Waals surface area contributed by atoms with Gasteiger partial charge in [-0.2, -0.15) is 0 Å². The zero-order valence-corrected chi connectivity index (χ0v) is 12.2. The van der Waals surface area contributed by atoms with Gasteiger partial charge in [-0.15, -0.1) is 0 Å². The van der Waals surface area contributed by atoms with Crippen LogP contribution in [-0.4, -0.2) is 40.2 Å². The molecule has 0 saturated carbocycles. The minimum atomic E-state index is -0.734. The summed E-state index contributed by atoms with van der Waals surface area (Å²) in [4.78, 5) is 16.6. The fourth-order valence-electron chi connectivity index (χ4n) is 2.36. The Balaban J connectivity index is 1.81. The number of aryl methyl sites for hydroxylation is 1. The number of amides is 1. The number of ether oxygens (including phenoxy) is 1. The Morgan fingerprint density at radius 1 is 1.50 bits per heavy atom. The number of hydrogen-bond acceptors (Lipinski definition) is 4. The highest BCUT2D eigenvalue weighted by Crippen LogP contribution is 2.31. The highest BCUT2D eigenvalue weighted by Gasteiger charge is 2.42. The van der Waals surface area contributed by atoms with Gasteiger partial charge in [0.1, 0.15) is 5.41 Å². The van der Waals surface area contributed by atoms with E-state index in [0.29, 0.717) is 32.6 Å². The number of nitrogens with one attached hydrogen (secondary N) is 1. The summed E-state index contributed by atoms with van der Waals surface area (Å²) < 4.78 is 7.27. The molecule has 1 aromatic heterocycles. The number of nitrogens with zero attached hydrogens (tertiary/aromatic N) is 2. The van der Waals surface area contributed by atoms with E-state index in [1.807, 2.05) is 10.8 Å². The third-order valence-electron chi connectivity index (χ3n) is 3.69. The molecule has 1 saturated heterocycles. The van der Waals surface area contributed by atoms with Crippen LogP contribution in [0.3, 0.4) is 0 Å². The number of aromatic nitrogens is 2. The van der Waals surface area contributed by atoms with E-state index in [1.165, 1.54) is 0 Å². The van der Waals surface area contributed by atoms with Crippen molar-refractivity contribution in [1.29, 1.82) is 0 Å². The van der Waals surface area contributed by atoms with E-state index >= 15 is 0 Å². The summed E-state index contributed by atoms with van der Waals surface area (Å²) in [7, 11) is 0. The van der Waals surface area contributed by atoms with Crippen molar-refractivity contribution >= 4 is 23.1 Å². The molecule has 1 fully saturated rings. The first-order valence-corrected chi connectivity index (χ1v) is 7.18. The second kappa shape index (κ2) is 6.81. The molecule has 3 N–H and O–H groups in total. The van der Waals surface area contributed by atoms with Crippen LogP contribution >= 0.6 is 12.2 Å². The Kier molecular flexibility index (Phi) is 5.08. The molecule has 110 valence electrons. The number of carbonyl (C=O) groups is 1. The summed E-state index contributed by atoms with van der Waals surface area (Å²) in [5.74, 6) is -0.0704. The number of imidazole rings is 1. The van der Waals surface area contributed by atoms with Crippen LogP contribution in [0.5, 0.6) is 0 Å². The molecule has 2 rings (SSSR count). The predicted molar refractivity (Wildman–Crippen MR) is 79.1 cm³/mol. The van der Waals surface area contributed by atoms with Crippen LogP contribution in [-0.2, 0) is 16.1 Å². The average Bonchev–Trinajstić information content (AvgIpc) is 2.97. The number of nitrogens with two attached hydrogens (primary N) is 1. The van der Waals surface area contributed by atoms with Gasteiger partial charge in [0.25, 0.3) is 0 Å². The lowest BCUT2D eigenvalue weighted by Crippen LogP contribution is -2.52. The molecule has 0 atom stereocenters. The zero-order valence-electron chi connectivity index (χ0n) is 11.4. The van der Waals surface area contributed by atoms with E-state index in [9.17, 15) is 4.79 Å². The maximum Gasteiger partial charge on any atom is 0.233 e. The van der Waals surface area contributed by atoms with E-state index in [4.69, 9.17) is 22.7 Å². The third kappa shape index (κ3) is 3.34. The standard InChI is InChI=1S/C13H20N4O2S/c14-11(20)13(2-8-19-9-3-13)12(18)16-4-1-6-17-7-5-15-10-17/h5,7,10H,1-4,6,8-9H2,(H2,14,20)(H,16,18). The van der Waals surface area contributed by atoms with Gasteiger partial charge in [0.05, 0.1) is 11.3 Å². The highest BCUT2D eigenvalue weighted by atomic mass is 32.1. The van der Waals surface area contributed by atoms with Crippen LogP contribution in [0.15, 0.2) is 18.7 Å². The van der Waals surface area contributed by atoms with Crippen LogP contribution < -0.4 is 11.1 Å². The van der Waals surface area contributed by atoms with Crippen molar-refractivity contribution in [3.8, 4) is 0 Å². The van der Waals surface area contributed by atoms with Crippen molar-refractivity contribution < 1.29 is 9.53 Å². The van der Waals surface area contributed by atoms with Gasteiger partial charge in [0.2, 0.25) is 5.91 Å². The molecule has 0 radical (unpaired) electrons. The summed E-state index contributed by atoms with van der Waals surface area (Å²) in [5.41, 5.74) is 5.05. The van der Waals surface area contributed by atoms with Gasteiger partial charge in [-0.05, 0) is 19.3 Å². The summed E-state index contributed by atoms with van der Waals surface area (Å²) in [6.07, 6.45) is 7.37. The first kappa shape index (κ1) is 14.9. The molecule has 1 aliphatic heterocycles. The molecule has 1 aliphatic rings. The lowest BCUT2D eigenvalue weighted by Gasteiger charge is -2.34. The topological polar surface area (TPSA) is 82.2 Å². The van der Waals surface area contributed by atoms with Crippen LogP contribution in [0, 0.1) is 5.41 Å². The molecule has 0 aliphatic carbocycles. The predicted octanol–water partition coefficient (Wildman–Crippen LogP) is 0.472. The van der Waals surface area contributed by atoms with Gasteiger partial charge in [0.15, 0.2) is 0 Å². The summed E-state index contributed by atoms with van der Waals surface area (Å²) in [5, 5.41) is 2.94. The Morgan fingerprint density at radius 3 is 2.85 bits per heavy atom. The molecule has 6 nitrogen and oxygen atoms in total. The highest BCUT2D eigenvalue weighted by molar-refractivity contribution is 7.80. The van der Waals surface area contributed by atoms with Crippen molar-refractivity contribution in [2.75, 3.05) is 19.8 Å². The van der Waals surface area contributed by atoms with E-state index in [2.05, 4.69) is 10.3 Å². The molecule has 1 amide bonds. The molecule has 0 spiro atoms. The lowest BCUT2D eigenvalue weighted by molar-refractivity contribution is -0.131. The van der Waals surface area contributed by atoms with E-state index in [-0.39, 0.29) is 10.9 Å². The fraction of sp³-hybridized carbons (Fsp3) is 0.615. The van der Waals surface area contributed by atoms with Crippen molar-refractivity contribution in [3.05, 3.63) is 18.7 Å². The van der Waals surface area contributed by atoms with Crippen LogP contribution in [0.2, 0.25) is 0 Å². The number of carbonyl (C=O) groups excluding carboxylic acids is 1. The molecule has 20 heavy (non-hydrogen) atoms. The van der Waals surface area contributed by atoms with Crippen molar-refractivity contribution in [2.24, 2.45) is 11.1 Å². The van der Waals surface area contributed by atoms with E-state index in [0.717, 1.165) is 13.0 Å². The Morgan fingerprint density at radius 2 is 2.25 bits per heavy atom. The smallest absolute Gasteiger partial charge is 0.233 e. The van der Waals surface area contributed by atoms with Crippen LogP contribution in [0.25, 0.3) is 0 Å². The minimum absolute atomic E-state index is 0.0704. The summed E-state index contributed by atoms with van der Waals surface area (Å²) in [6.45, 7) is 2.48. The zero-order chi connectivity index (χ0) is 14.4. The van der Waals surface area contributed by atoms with Crippen LogP contribution in [0.4, 0.5) is 0 Å². The Labute approximate surface area is 123 Å². The Hall–Kier alpha value is -1.47. The molecule has 0 unspecified atom stereocenters. The van der Waals surface area contributed by atoms with Gasteiger partial charge < -0.3 is 20.4 Å². The fourth-order valence-corrected chi connectivity index (χ4v) is 2.65. The van der Waals surface area contributed by atoms with E-state index in [1.54, 1.807) is 12.5 Å². The second-order valence-corrected chi connectivity index (χ2v) is 5.41. The Bertz CT molecular complexity index is 455. The number of thiocarbonyl (C=S) groups is 1. The maximum absolute atomic E-state index is 12.4. The maximum atomic E-state index is 12.4. The molecule has 7 heteroatoms. The van der Waals surface area contributed by atoms with Gasteiger partial charge in [0, 0.05) is 38.7 Å². The largest absolute Gasteiger partial charge is 0.392 e. The minimum Gasteiger partial charge on any atom is -0.392 e. The average molecular weight is 296 g/mol. The lowest BCUT2D eigenvalue weighted by atomic mass is 9.79. The first-order valence-electron chi connectivity index (χ1n) is 6.77. The van der Waals surface area contributed by atoms with Crippen LogP contribution in [0.1, 0.15) is 19.3 Å². The molecule has 1 aromatic rings. The molecule has 0 bridgehead atoms.